The van der Waals surface area contributed by atoms with Crippen LogP contribution in [0.4, 0.5) is 0 Å². The fourth-order valence-corrected chi connectivity index (χ4v) is 4.41. The molecule has 0 saturated heterocycles. The minimum atomic E-state index is -1.04. The molecule has 0 aromatic carbocycles. The Labute approximate surface area is 209 Å². The molecule has 0 spiro atoms. The van der Waals surface area contributed by atoms with Crippen molar-refractivity contribution < 1.29 is 14.6 Å². The summed E-state index contributed by atoms with van der Waals surface area (Å²) in [5, 5.41) is 9.95. The van der Waals surface area contributed by atoms with E-state index in [1.54, 1.807) is 0 Å². The lowest BCUT2D eigenvalue weighted by Crippen LogP contribution is -2.14. The molecular formula is C29H41N3O3. The number of rotatable bonds is 16. The number of ether oxygens (including phenoxy) is 1. The first kappa shape index (κ1) is 26.6. The van der Waals surface area contributed by atoms with Crippen LogP contribution in [0.1, 0.15) is 101 Å². The normalized spacial score (nSPS) is 14.7. The van der Waals surface area contributed by atoms with Crippen molar-refractivity contribution in [2.75, 3.05) is 6.61 Å². The highest BCUT2D eigenvalue weighted by molar-refractivity contribution is 6.28. The molecular weight excluding hydrogens is 438 g/mol. The van der Waals surface area contributed by atoms with E-state index in [0.717, 1.165) is 24.2 Å². The van der Waals surface area contributed by atoms with Crippen LogP contribution in [-0.2, 0) is 16.0 Å². The zero-order valence-electron chi connectivity index (χ0n) is 21.6. The van der Waals surface area contributed by atoms with E-state index in [1.165, 1.54) is 63.5 Å². The molecule has 35 heavy (non-hydrogen) atoms. The molecule has 2 aromatic rings. The Morgan fingerprint density at radius 3 is 2.29 bits per heavy atom. The highest BCUT2D eigenvalue weighted by Gasteiger charge is 2.32. The van der Waals surface area contributed by atoms with Crippen LogP contribution in [0.5, 0.6) is 0 Å². The summed E-state index contributed by atoms with van der Waals surface area (Å²) in [6.45, 7) is 6.63. The Hall–Kier alpha value is -3.02. The summed E-state index contributed by atoms with van der Waals surface area (Å²) in [5.74, 6) is -0.709. The zero-order valence-corrected chi connectivity index (χ0v) is 21.6. The summed E-state index contributed by atoms with van der Waals surface area (Å²) in [7, 11) is 0. The number of aromatic nitrogens is 2. The van der Waals surface area contributed by atoms with E-state index in [2.05, 4.69) is 28.0 Å². The number of carboxylic acids is 1. The first-order chi connectivity index (χ1) is 17.0. The molecule has 0 fully saturated rings. The molecule has 6 heteroatoms. The van der Waals surface area contributed by atoms with Crippen molar-refractivity contribution in [1.29, 1.82) is 0 Å². The van der Waals surface area contributed by atoms with Gasteiger partial charge >= 0.3 is 5.97 Å². The van der Waals surface area contributed by atoms with Gasteiger partial charge in [-0.05, 0) is 56.5 Å². The summed E-state index contributed by atoms with van der Waals surface area (Å²) in [4.78, 5) is 23.5. The molecule has 0 atom stereocenters. The van der Waals surface area contributed by atoms with Crippen molar-refractivity contribution in [3.8, 4) is 0 Å². The van der Waals surface area contributed by atoms with Crippen LogP contribution < -0.4 is 0 Å². The predicted octanol–water partition coefficient (Wildman–Crippen LogP) is 7.33. The quantitative estimate of drug-likeness (QED) is 0.220. The van der Waals surface area contributed by atoms with Crippen LogP contribution in [0.3, 0.4) is 0 Å². The smallest absolute Gasteiger partial charge is 0.341 e. The monoisotopic (exact) mass is 479 g/mol. The molecule has 0 amide bonds. The molecule has 0 unspecified atom stereocenters. The number of aliphatic imine (C=N–C) groups is 1. The summed E-state index contributed by atoms with van der Waals surface area (Å²) >= 11 is 0. The summed E-state index contributed by atoms with van der Waals surface area (Å²) < 4.78 is 5.90. The number of aromatic amines is 2. The minimum Gasteiger partial charge on any atom is -0.490 e. The average Bonchev–Trinajstić information content (AvgIpc) is 3.55. The fraction of sp³-hybridized carbons (Fsp3) is 0.517. The maximum atomic E-state index is 12.2. The van der Waals surface area contributed by atoms with Gasteiger partial charge in [0.15, 0.2) is 5.76 Å². The van der Waals surface area contributed by atoms with Gasteiger partial charge in [-0.2, -0.15) is 0 Å². The van der Waals surface area contributed by atoms with Crippen LogP contribution in [0.15, 0.2) is 46.3 Å². The Balaban J connectivity index is 1.65. The molecule has 190 valence electrons. The molecule has 3 N–H and O–H groups in total. The molecule has 1 aliphatic rings. The van der Waals surface area contributed by atoms with Gasteiger partial charge in [-0.1, -0.05) is 65.2 Å². The second-order valence-corrected chi connectivity index (χ2v) is 9.42. The Bertz CT molecular complexity index is 1050. The van der Waals surface area contributed by atoms with E-state index >= 15 is 0 Å². The standard InChI is InChI=1S/C29H41N3O3/c1-4-6-7-8-9-10-11-12-13-14-22-16-17-23(31-22)20-25-28(35-19-5-2)26(29(33)34)27(32-25)24-18-15-21(3)30-24/h15-18,20,30-31H,4-14,19H2,1-3H3,(H,33,34). The van der Waals surface area contributed by atoms with Gasteiger partial charge in [0.25, 0.3) is 0 Å². The lowest BCUT2D eigenvalue weighted by atomic mass is 10.1. The lowest BCUT2D eigenvalue weighted by molar-refractivity contribution is -0.132. The van der Waals surface area contributed by atoms with Crippen LogP contribution in [0.2, 0.25) is 0 Å². The fourth-order valence-electron chi connectivity index (χ4n) is 4.41. The molecule has 0 bridgehead atoms. The first-order valence-electron chi connectivity index (χ1n) is 13.3. The van der Waals surface area contributed by atoms with Crippen LogP contribution in [-0.4, -0.2) is 33.4 Å². The van der Waals surface area contributed by atoms with Gasteiger partial charge in [0.1, 0.15) is 17.0 Å². The predicted molar refractivity (Wildman–Crippen MR) is 143 cm³/mol. The van der Waals surface area contributed by atoms with Crippen molar-refractivity contribution >= 4 is 17.8 Å². The van der Waals surface area contributed by atoms with Crippen LogP contribution in [0.25, 0.3) is 6.08 Å². The van der Waals surface area contributed by atoms with Crippen molar-refractivity contribution in [3.05, 3.63) is 64.1 Å². The second-order valence-electron chi connectivity index (χ2n) is 9.42. The van der Waals surface area contributed by atoms with Gasteiger partial charge < -0.3 is 19.8 Å². The summed E-state index contributed by atoms with van der Waals surface area (Å²) in [5.41, 5.74) is 4.78. The third-order valence-electron chi connectivity index (χ3n) is 6.29. The molecule has 0 aliphatic carbocycles. The SMILES string of the molecule is CCCCCCCCCCCc1ccc(C=C2N=C(c3ccc(C)[nH]3)C(C(=O)O)=C2OCCC)[nH]1. The van der Waals surface area contributed by atoms with Gasteiger partial charge in [0, 0.05) is 17.1 Å². The van der Waals surface area contributed by atoms with Gasteiger partial charge in [0.2, 0.25) is 0 Å². The summed E-state index contributed by atoms with van der Waals surface area (Å²) in [6.07, 6.45) is 15.5. The number of carboxylic acid groups (broad SMARTS) is 1. The maximum absolute atomic E-state index is 12.2. The van der Waals surface area contributed by atoms with Crippen molar-refractivity contribution in [3.63, 3.8) is 0 Å². The Morgan fingerprint density at radius 1 is 0.943 bits per heavy atom. The third-order valence-corrected chi connectivity index (χ3v) is 6.29. The summed E-state index contributed by atoms with van der Waals surface area (Å²) in [6, 6.07) is 7.91. The number of aryl methyl sites for hydroxylation is 2. The number of unbranched alkanes of at least 4 members (excludes halogenated alkanes) is 8. The largest absolute Gasteiger partial charge is 0.490 e. The minimum absolute atomic E-state index is 0.105. The van der Waals surface area contributed by atoms with Crippen molar-refractivity contribution in [2.45, 2.75) is 91.4 Å². The highest BCUT2D eigenvalue weighted by atomic mass is 16.5. The average molecular weight is 480 g/mol. The van der Waals surface area contributed by atoms with Gasteiger partial charge in [-0.3, -0.25) is 0 Å². The molecule has 0 saturated carbocycles. The van der Waals surface area contributed by atoms with Crippen molar-refractivity contribution in [1.82, 2.24) is 9.97 Å². The number of hydrogen-bond acceptors (Lipinski definition) is 3. The van der Waals surface area contributed by atoms with E-state index in [9.17, 15) is 9.90 Å². The topological polar surface area (TPSA) is 90.5 Å². The van der Waals surface area contributed by atoms with Crippen LogP contribution >= 0.6 is 0 Å². The molecule has 6 nitrogen and oxygen atoms in total. The number of nitrogens with one attached hydrogen (secondary N) is 2. The maximum Gasteiger partial charge on any atom is 0.341 e. The van der Waals surface area contributed by atoms with E-state index in [-0.39, 0.29) is 5.57 Å². The number of aliphatic carboxylic acids is 1. The van der Waals surface area contributed by atoms with E-state index < -0.39 is 5.97 Å². The highest BCUT2D eigenvalue weighted by Crippen LogP contribution is 2.31. The molecule has 3 rings (SSSR count). The van der Waals surface area contributed by atoms with Crippen LogP contribution in [0, 0.1) is 6.92 Å². The molecule has 0 radical (unpaired) electrons. The number of H-pyrrole nitrogens is 2. The molecule has 1 aliphatic heterocycles. The third kappa shape index (κ3) is 7.74. The Morgan fingerprint density at radius 2 is 1.66 bits per heavy atom. The van der Waals surface area contributed by atoms with E-state index in [1.807, 2.05) is 38.1 Å². The van der Waals surface area contributed by atoms with Gasteiger partial charge in [0.05, 0.1) is 12.3 Å². The second kappa shape index (κ2) is 13.8. The zero-order chi connectivity index (χ0) is 25.0. The van der Waals surface area contributed by atoms with Crippen molar-refractivity contribution in [2.24, 2.45) is 4.99 Å². The first-order valence-corrected chi connectivity index (χ1v) is 13.3. The number of nitrogens with zero attached hydrogens (tertiary/aromatic N) is 1. The number of hydrogen-bond donors (Lipinski definition) is 3. The molecule has 2 aromatic heterocycles. The van der Waals surface area contributed by atoms with E-state index in [4.69, 9.17) is 4.74 Å². The lowest BCUT2D eigenvalue weighted by Gasteiger charge is -2.08. The Kier molecular flexibility index (Phi) is 10.5. The molecule has 3 heterocycles. The van der Waals surface area contributed by atoms with Gasteiger partial charge in [-0.25, -0.2) is 9.79 Å². The number of carbonyl (C=O) groups is 1. The van der Waals surface area contributed by atoms with Gasteiger partial charge in [-0.15, -0.1) is 0 Å². The van der Waals surface area contributed by atoms with E-state index in [0.29, 0.717) is 29.5 Å².